The van der Waals surface area contributed by atoms with Crippen LogP contribution in [-0.2, 0) is 9.09 Å². The van der Waals surface area contributed by atoms with Crippen molar-refractivity contribution < 1.29 is 9.09 Å². The van der Waals surface area contributed by atoms with E-state index < -0.39 is 7.37 Å². The van der Waals surface area contributed by atoms with E-state index in [4.69, 9.17) is 10.9 Å². The molecule has 0 aromatic heterocycles. The summed E-state index contributed by atoms with van der Waals surface area (Å²) in [6.45, 7) is 0. The topological polar surface area (TPSA) is 26.3 Å². The van der Waals surface area contributed by atoms with E-state index in [1.54, 1.807) is 5.82 Å². The second-order valence-electron chi connectivity index (χ2n) is 2.53. The highest BCUT2D eigenvalue weighted by molar-refractivity contribution is 7.62. The maximum atomic E-state index is 11.6. The van der Waals surface area contributed by atoms with Crippen molar-refractivity contribution in [2.75, 3.05) is 13.3 Å². The van der Waals surface area contributed by atoms with Crippen molar-refractivity contribution in [3.63, 3.8) is 0 Å². The van der Waals surface area contributed by atoms with Crippen molar-refractivity contribution in [1.29, 1.82) is 0 Å². The molecule has 60 valence electrons. The third-order valence-electron chi connectivity index (χ3n) is 1.76. The van der Waals surface area contributed by atoms with E-state index in [9.17, 15) is 4.57 Å². The third kappa shape index (κ3) is 1.96. The van der Waals surface area contributed by atoms with E-state index in [1.807, 2.05) is 0 Å². The quantitative estimate of drug-likeness (QED) is 0.445. The molecule has 0 saturated carbocycles. The van der Waals surface area contributed by atoms with Gasteiger partial charge in [-0.2, -0.15) is 0 Å². The predicted octanol–water partition coefficient (Wildman–Crippen LogP) is 2.22. The van der Waals surface area contributed by atoms with Gasteiger partial charge < -0.3 is 4.52 Å². The molecule has 0 fully saturated rings. The van der Waals surface area contributed by atoms with E-state index in [0.29, 0.717) is 6.16 Å². The molecular formula is C8H11O2P. The van der Waals surface area contributed by atoms with E-state index in [-0.39, 0.29) is 0 Å². The first-order valence-electron chi connectivity index (χ1n) is 3.53. The van der Waals surface area contributed by atoms with E-state index in [0.717, 1.165) is 18.4 Å². The maximum absolute atomic E-state index is 11.6. The number of hydrogen-bond donors (Lipinski definition) is 0. The third-order valence-corrected chi connectivity index (χ3v) is 4.03. The van der Waals surface area contributed by atoms with Crippen LogP contribution in [-0.4, -0.2) is 13.3 Å². The van der Waals surface area contributed by atoms with E-state index in [2.05, 4.69) is 5.92 Å². The van der Waals surface area contributed by atoms with Crippen molar-refractivity contribution >= 4 is 7.37 Å². The minimum Gasteiger partial charge on any atom is -0.329 e. The zero-order valence-electron chi connectivity index (χ0n) is 6.54. The van der Waals surface area contributed by atoms with Gasteiger partial charge in [-0.25, -0.2) is 0 Å². The van der Waals surface area contributed by atoms with Gasteiger partial charge in [0.25, 0.3) is 0 Å². The summed E-state index contributed by atoms with van der Waals surface area (Å²) in [4.78, 5) is 0. The summed E-state index contributed by atoms with van der Waals surface area (Å²) in [6.07, 6.45) is 7.56. The Morgan fingerprint density at radius 3 is 3.09 bits per heavy atom. The van der Waals surface area contributed by atoms with Gasteiger partial charge in [0, 0.05) is 24.7 Å². The first kappa shape index (κ1) is 8.59. The summed E-state index contributed by atoms with van der Waals surface area (Å²) in [5.74, 6) is 4.12. The normalized spacial score (nSPS) is 30.7. The van der Waals surface area contributed by atoms with Gasteiger partial charge in [0.1, 0.15) is 0 Å². The van der Waals surface area contributed by atoms with Crippen LogP contribution in [0, 0.1) is 12.3 Å². The van der Waals surface area contributed by atoms with Gasteiger partial charge >= 0.3 is 0 Å². The van der Waals surface area contributed by atoms with Gasteiger partial charge in [0.05, 0.1) is 0 Å². The lowest BCUT2D eigenvalue weighted by Gasteiger charge is -2.17. The SMILES string of the molecule is C#CC1=CP(=O)(OC)CCC1. The first-order valence-corrected chi connectivity index (χ1v) is 5.41. The first-order chi connectivity index (χ1) is 5.20. The molecule has 3 heteroatoms. The molecule has 1 heterocycles. The molecule has 0 aromatic carbocycles. The second-order valence-corrected chi connectivity index (χ2v) is 5.06. The number of terminal acetylenes is 1. The van der Waals surface area contributed by atoms with Crippen LogP contribution in [0.15, 0.2) is 11.4 Å². The second kappa shape index (κ2) is 3.26. The Labute approximate surface area is 67.1 Å². The Balaban J connectivity index is 2.89. The lowest BCUT2D eigenvalue weighted by Crippen LogP contribution is -1.98. The summed E-state index contributed by atoms with van der Waals surface area (Å²) in [5.41, 5.74) is 0.821. The van der Waals surface area contributed by atoms with Crippen molar-refractivity contribution in [3.05, 3.63) is 11.4 Å². The summed E-state index contributed by atoms with van der Waals surface area (Å²) in [5, 5.41) is 0. The van der Waals surface area contributed by atoms with Crippen LogP contribution in [0.4, 0.5) is 0 Å². The monoisotopic (exact) mass is 170 g/mol. The molecule has 0 amide bonds. The molecule has 0 radical (unpaired) electrons. The molecule has 0 aromatic rings. The smallest absolute Gasteiger partial charge is 0.225 e. The molecule has 1 atom stereocenters. The van der Waals surface area contributed by atoms with Gasteiger partial charge in [-0.15, -0.1) is 6.42 Å². The van der Waals surface area contributed by atoms with E-state index >= 15 is 0 Å². The van der Waals surface area contributed by atoms with Crippen molar-refractivity contribution in [2.24, 2.45) is 0 Å². The molecule has 1 aliphatic heterocycles. The Bertz CT molecular complexity index is 260. The van der Waals surface area contributed by atoms with Crippen molar-refractivity contribution in [1.82, 2.24) is 0 Å². The van der Waals surface area contributed by atoms with Gasteiger partial charge in [0.2, 0.25) is 7.37 Å². The molecular weight excluding hydrogens is 159 g/mol. The fourth-order valence-electron chi connectivity index (χ4n) is 1.11. The molecule has 0 spiro atoms. The van der Waals surface area contributed by atoms with Crippen LogP contribution in [0.5, 0.6) is 0 Å². The van der Waals surface area contributed by atoms with Gasteiger partial charge in [-0.3, -0.25) is 4.57 Å². The minimum absolute atomic E-state index is 0.634. The summed E-state index contributed by atoms with van der Waals surface area (Å²) < 4.78 is 16.5. The van der Waals surface area contributed by atoms with Crippen molar-refractivity contribution in [2.45, 2.75) is 12.8 Å². The Morgan fingerprint density at radius 2 is 2.55 bits per heavy atom. The van der Waals surface area contributed by atoms with Crippen LogP contribution < -0.4 is 0 Å². The van der Waals surface area contributed by atoms with Gasteiger partial charge in [-0.05, 0) is 12.8 Å². The van der Waals surface area contributed by atoms with Crippen LogP contribution in [0.2, 0.25) is 0 Å². The summed E-state index contributed by atoms with van der Waals surface area (Å²) >= 11 is 0. The average molecular weight is 170 g/mol. The highest BCUT2D eigenvalue weighted by Crippen LogP contribution is 2.52. The van der Waals surface area contributed by atoms with Crippen LogP contribution in [0.25, 0.3) is 0 Å². The summed E-state index contributed by atoms with van der Waals surface area (Å²) in [7, 11) is -1.00. The van der Waals surface area contributed by atoms with E-state index in [1.165, 1.54) is 7.11 Å². The molecule has 11 heavy (non-hydrogen) atoms. The van der Waals surface area contributed by atoms with Crippen molar-refractivity contribution in [3.8, 4) is 12.3 Å². The molecule has 2 nitrogen and oxygen atoms in total. The molecule has 1 rings (SSSR count). The number of hydrogen-bond acceptors (Lipinski definition) is 2. The zero-order valence-corrected chi connectivity index (χ0v) is 7.43. The molecule has 0 saturated heterocycles. The van der Waals surface area contributed by atoms with Gasteiger partial charge in [0.15, 0.2) is 0 Å². The van der Waals surface area contributed by atoms with Crippen LogP contribution in [0.1, 0.15) is 12.8 Å². The lowest BCUT2D eigenvalue weighted by atomic mass is 10.2. The molecule has 0 N–H and O–H groups in total. The summed E-state index contributed by atoms with van der Waals surface area (Å²) in [6, 6.07) is 0. The number of allylic oxidation sites excluding steroid dienone is 1. The molecule has 0 aliphatic carbocycles. The molecule has 1 unspecified atom stereocenters. The van der Waals surface area contributed by atoms with Gasteiger partial charge in [-0.1, -0.05) is 5.92 Å². The largest absolute Gasteiger partial charge is 0.329 e. The molecule has 0 bridgehead atoms. The fourth-order valence-corrected chi connectivity index (χ4v) is 2.80. The zero-order chi connectivity index (χ0) is 8.32. The van der Waals surface area contributed by atoms with Crippen LogP contribution >= 0.6 is 7.37 Å². The fraction of sp³-hybridized carbons (Fsp3) is 0.500. The average Bonchev–Trinajstić information content (AvgIpc) is 2.05. The number of rotatable bonds is 1. The minimum atomic E-state index is -2.47. The molecule has 1 aliphatic rings. The van der Waals surface area contributed by atoms with Crippen LogP contribution in [0.3, 0.4) is 0 Å². The Morgan fingerprint density at radius 1 is 1.82 bits per heavy atom. The Hall–Kier alpha value is -0.510. The predicted molar refractivity (Wildman–Crippen MR) is 45.6 cm³/mol. The lowest BCUT2D eigenvalue weighted by molar-refractivity contribution is 0.399. The maximum Gasteiger partial charge on any atom is 0.225 e. The standard InChI is InChI=1S/C8H11O2P/c1-3-8-5-4-6-11(9,7-8)10-2/h1,7H,4-6H2,2H3. The Kier molecular flexibility index (Phi) is 2.54. The highest BCUT2D eigenvalue weighted by Gasteiger charge is 2.22. The highest BCUT2D eigenvalue weighted by atomic mass is 31.2.